The molecule has 0 spiro atoms. The molecule has 2 atom stereocenters. The third kappa shape index (κ3) is 3.92. The smallest absolute Gasteiger partial charge is 0.335 e. The number of pyridine rings is 1. The van der Waals surface area contributed by atoms with Crippen LogP contribution in [0.5, 0.6) is 0 Å². The standard InChI is InChI=1S/C22H21N3O4S/c1-28-12-11-25-20(19(24-22(25)30)16-7-2-3-10-23-16)18-9-8-17(29-18)14-5-4-6-15(13-14)21(26)27/h2-10,13,19-20H,11-12H2,1H3,(H,24,30)(H,26,27)/t19-,20+/m0/s1. The number of carboxylic acids is 1. The molecule has 0 saturated carbocycles. The molecule has 0 amide bonds. The van der Waals surface area contributed by atoms with Gasteiger partial charge >= 0.3 is 5.97 Å². The van der Waals surface area contributed by atoms with Gasteiger partial charge < -0.3 is 24.5 Å². The highest BCUT2D eigenvalue weighted by molar-refractivity contribution is 7.80. The fourth-order valence-electron chi connectivity index (χ4n) is 3.62. The highest BCUT2D eigenvalue weighted by atomic mass is 32.1. The predicted octanol–water partition coefficient (Wildman–Crippen LogP) is 3.66. The van der Waals surface area contributed by atoms with Crippen LogP contribution in [0.15, 0.2) is 65.2 Å². The molecule has 3 aromatic rings. The average Bonchev–Trinajstić information content (AvgIpc) is 3.37. The van der Waals surface area contributed by atoms with E-state index in [4.69, 9.17) is 21.4 Å². The molecular formula is C22H21N3O4S. The Balaban J connectivity index is 1.71. The fraction of sp³-hybridized carbons (Fsp3) is 0.227. The number of aromatic nitrogens is 1. The largest absolute Gasteiger partial charge is 0.478 e. The van der Waals surface area contributed by atoms with Crippen molar-refractivity contribution in [3.63, 3.8) is 0 Å². The third-order valence-electron chi connectivity index (χ3n) is 5.05. The summed E-state index contributed by atoms with van der Waals surface area (Å²) < 4.78 is 11.5. The molecule has 3 heterocycles. The van der Waals surface area contributed by atoms with Gasteiger partial charge in [0.1, 0.15) is 17.6 Å². The minimum atomic E-state index is -0.977. The molecule has 4 rings (SSSR count). The summed E-state index contributed by atoms with van der Waals surface area (Å²) in [6, 6.07) is 15.8. The van der Waals surface area contributed by atoms with Crippen LogP contribution in [0.25, 0.3) is 11.3 Å². The SMILES string of the molecule is COCCN1C(=S)N[C@@H](c2ccccn2)[C@H]1c1ccc(-c2cccc(C(=O)O)c2)o1. The van der Waals surface area contributed by atoms with Crippen molar-refractivity contribution >= 4 is 23.3 Å². The predicted molar refractivity (Wildman–Crippen MR) is 115 cm³/mol. The number of thiocarbonyl (C=S) groups is 1. The summed E-state index contributed by atoms with van der Waals surface area (Å²) in [5, 5.41) is 13.2. The molecule has 1 aromatic carbocycles. The second-order valence-corrected chi connectivity index (χ2v) is 7.29. The van der Waals surface area contributed by atoms with E-state index in [-0.39, 0.29) is 17.6 Å². The Kier molecular flexibility index (Phi) is 5.78. The Hall–Kier alpha value is -3.23. The van der Waals surface area contributed by atoms with Gasteiger partial charge in [0.15, 0.2) is 5.11 Å². The van der Waals surface area contributed by atoms with Gasteiger partial charge in [-0.25, -0.2) is 4.79 Å². The van der Waals surface area contributed by atoms with E-state index in [0.29, 0.717) is 35.3 Å². The molecule has 1 saturated heterocycles. The number of nitrogens with one attached hydrogen (secondary N) is 1. The molecule has 2 aromatic heterocycles. The zero-order chi connectivity index (χ0) is 21.1. The summed E-state index contributed by atoms with van der Waals surface area (Å²) in [6.45, 7) is 1.11. The molecular weight excluding hydrogens is 402 g/mol. The monoisotopic (exact) mass is 423 g/mol. The van der Waals surface area contributed by atoms with E-state index >= 15 is 0 Å². The lowest BCUT2D eigenvalue weighted by molar-refractivity contribution is 0.0697. The molecule has 2 N–H and O–H groups in total. The van der Waals surface area contributed by atoms with Crippen LogP contribution in [0, 0.1) is 0 Å². The third-order valence-corrected chi connectivity index (χ3v) is 5.40. The van der Waals surface area contributed by atoms with Gasteiger partial charge in [-0.15, -0.1) is 0 Å². The lowest BCUT2D eigenvalue weighted by atomic mass is 10.0. The van der Waals surface area contributed by atoms with Crippen molar-refractivity contribution in [3.8, 4) is 11.3 Å². The van der Waals surface area contributed by atoms with Crippen LogP contribution in [-0.4, -0.2) is 46.3 Å². The van der Waals surface area contributed by atoms with E-state index in [0.717, 1.165) is 5.69 Å². The summed E-state index contributed by atoms with van der Waals surface area (Å²) in [6.07, 6.45) is 1.75. The second-order valence-electron chi connectivity index (χ2n) is 6.90. The number of benzene rings is 1. The number of methoxy groups -OCH3 is 1. The van der Waals surface area contributed by atoms with Crippen molar-refractivity contribution in [3.05, 3.63) is 77.8 Å². The van der Waals surface area contributed by atoms with Gasteiger partial charge in [0, 0.05) is 25.4 Å². The molecule has 0 unspecified atom stereocenters. The zero-order valence-corrected chi connectivity index (χ0v) is 17.1. The van der Waals surface area contributed by atoms with Gasteiger partial charge in [-0.1, -0.05) is 18.2 Å². The van der Waals surface area contributed by atoms with Crippen LogP contribution < -0.4 is 5.32 Å². The number of rotatable bonds is 7. The quantitative estimate of drug-likeness (QED) is 0.557. The fourth-order valence-corrected chi connectivity index (χ4v) is 3.95. The van der Waals surface area contributed by atoms with Crippen molar-refractivity contribution in [2.45, 2.75) is 12.1 Å². The van der Waals surface area contributed by atoms with Crippen LogP contribution in [0.1, 0.15) is 33.9 Å². The molecule has 1 aliphatic heterocycles. The van der Waals surface area contributed by atoms with E-state index < -0.39 is 5.97 Å². The van der Waals surface area contributed by atoms with Gasteiger partial charge in [0.05, 0.1) is 23.9 Å². The minimum Gasteiger partial charge on any atom is -0.478 e. The molecule has 0 radical (unpaired) electrons. The number of aromatic carboxylic acids is 1. The van der Waals surface area contributed by atoms with E-state index in [1.807, 2.05) is 41.3 Å². The Morgan fingerprint density at radius 2 is 2.13 bits per heavy atom. The van der Waals surface area contributed by atoms with Crippen LogP contribution in [0.4, 0.5) is 0 Å². The van der Waals surface area contributed by atoms with Crippen LogP contribution in [0.2, 0.25) is 0 Å². The lowest BCUT2D eigenvalue weighted by Gasteiger charge is -2.25. The number of carboxylic acid groups (broad SMARTS) is 1. The van der Waals surface area contributed by atoms with Crippen LogP contribution >= 0.6 is 12.2 Å². The zero-order valence-electron chi connectivity index (χ0n) is 16.3. The van der Waals surface area contributed by atoms with Crippen molar-refractivity contribution in [2.75, 3.05) is 20.3 Å². The molecule has 154 valence electrons. The van der Waals surface area contributed by atoms with Crippen molar-refractivity contribution in [1.29, 1.82) is 0 Å². The Bertz CT molecular complexity index is 1050. The maximum atomic E-state index is 11.3. The number of carbonyl (C=O) groups is 1. The Labute approximate surface area is 179 Å². The van der Waals surface area contributed by atoms with Crippen LogP contribution in [0.3, 0.4) is 0 Å². The maximum absolute atomic E-state index is 11.3. The first-order chi connectivity index (χ1) is 14.6. The van der Waals surface area contributed by atoms with Crippen molar-refractivity contribution in [2.24, 2.45) is 0 Å². The average molecular weight is 423 g/mol. The summed E-state index contributed by atoms with van der Waals surface area (Å²) in [7, 11) is 1.65. The number of hydrogen-bond donors (Lipinski definition) is 2. The molecule has 30 heavy (non-hydrogen) atoms. The van der Waals surface area contributed by atoms with E-state index in [9.17, 15) is 9.90 Å². The summed E-state index contributed by atoms with van der Waals surface area (Å²) >= 11 is 5.58. The maximum Gasteiger partial charge on any atom is 0.335 e. The topological polar surface area (TPSA) is 87.8 Å². The van der Waals surface area contributed by atoms with Gasteiger partial charge in [-0.2, -0.15) is 0 Å². The first-order valence-electron chi connectivity index (χ1n) is 9.49. The Morgan fingerprint density at radius 1 is 1.27 bits per heavy atom. The number of hydrogen-bond acceptors (Lipinski definition) is 5. The van der Waals surface area contributed by atoms with Crippen molar-refractivity contribution in [1.82, 2.24) is 15.2 Å². The highest BCUT2D eigenvalue weighted by Crippen LogP contribution is 2.40. The number of nitrogens with zero attached hydrogens (tertiary/aromatic N) is 2. The molecule has 7 nitrogen and oxygen atoms in total. The highest BCUT2D eigenvalue weighted by Gasteiger charge is 2.41. The summed E-state index contributed by atoms with van der Waals surface area (Å²) in [5.41, 5.74) is 1.77. The molecule has 1 aliphatic rings. The molecule has 0 aliphatic carbocycles. The number of furan rings is 1. The molecule has 1 fully saturated rings. The van der Waals surface area contributed by atoms with Gasteiger partial charge in [-0.05, 0) is 48.6 Å². The first-order valence-corrected chi connectivity index (χ1v) is 9.90. The Morgan fingerprint density at radius 3 is 2.87 bits per heavy atom. The summed E-state index contributed by atoms with van der Waals surface area (Å²) in [5.74, 6) is 0.331. The van der Waals surface area contributed by atoms with E-state index in [1.54, 1.807) is 31.5 Å². The summed E-state index contributed by atoms with van der Waals surface area (Å²) in [4.78, 5) is 17.8. The van der Waals surface area contributed by atoms with E-state index in [2.05, 4.69) is 10.3 Å². The van der Waals surface area contributed by atoms with E-state index in [1.165, 1.54) is 0 Å². The first kappa shape index (κ1) is 20.1. The van der Waals surface area contributed by atoms with Crippen LogP contribution in [-0.2, 0) is 4.74 Å². The van der Waals surface area contributed by atoms with Crippen molar-refractivity contribution < 1.29 is 19.1 Å². The number of ether oxygens (including phenoxy) is 1. The lowest BCUT2D eigenvalue weighted by Crippen LogP contribution is -2.32. The van der Waals surface area contributed by atoms with Gasteiger partial charge in [0.25, 0.3) is 0 Å². The molecule has 0 bridgehead atoms. The normalized spacial score (nSPS) is 18.4. The molecule has 8 heteroatoms. The second kappa shape index (κ2) is 8.64. The van der Waals surface area contributed by atoms with Gasteiger partial charge in [0.2, 0.25) is 0 Å². The minimum absolute atomic E-state index is 0.181. The van der Waals surface area contributed by atoms with Gasteiger partial charge in [-0.3, -0.25) is 4.98 Å².